The smallest absolute Gasteiger partial charge is 0.459 e. The monoisotopic (exact) mass is 455 g/mol. The molecule has 0 aliphatic heterocycles. The predicted octanol–water partition coefficient (Wildman–Crippen LogP) is 2.37. The van der Waals surface area contributed by atoms with Crippen molar-refractivity contribution in [3.05, 3.63) is 23.8 Å². The quantitative estimate of drug-likeness (QED) is 0.332. The predicted molar refractivity (Wildman–Crippen MR) is 110 cm³/mol. The molecule has 0 radical (unpaired) electrons. The van der Waals surface area contributed by atoms with Gasteiger partial charge >= 0.3 is 24.2 Å². The van der Waals surface area contributed by atoms with Gasteiger partial charge in [0.2, 0.25) is 0 Å². The zero-order valence-electron chi connectivity index (χ0n) is 18.9. The second-order valence-corrected chi connectivity index (χ2v) is 7.14. The summed E-state index contributed by atoms with van der Waals surface area (Å²) in [6.45, 7) is 6.59. The van der Waals surface area contributed by atoms with Crippen LogP contribution in [-0.2, 0) is 35.0 Å². The number of rotatable bonds is 9. The van der Waals surface area contributed by atoms with Crippen molar-refractivity contribution in [1.29, 1.82) is 0 Å². The summed E-state index contributed by atoms with van der Waals surface area (Å²) in [4.78, 5) is 46.9. The first-order valence-corrected chi connectivity index (χ1v) is 9.79. The van der Waals surface area contributed by atoms with Gasteiger partial charge in [-0.2, -0.15) is 0 Å². The molecule has 11 nitrogen and oxygen atoms in total. The molecule has 11 heteroatoms. The summed E-state index contributed by atoms with van der Waals surface area (Å²) >= 11 is 0. The first kappa shape index (κ1) is 26.7. The zero-order valence-corrected chi connectivity index (χ0v) is 18.9. The van der Waals surface area contributed by atoms with Crippen LogP contribution in [0.25, 0.3) is 0 Å². The number of ether oxygens (including phenoxy) is 6. The molecule has 1 aromatic carbocycles. The van der Waals surface area contributed by atoms with Gasteiger partial charge in [0.05, 0.1) is 20.1 Å². The van der Waals surface area contributed by atoms with Gasteiger partial charge in [0.15, 0.2) is 11.5 Å². The van der Waals surface area contributed by atoms with Crippen LogP contribution in [0.2, 0.25) is 0 Å². The van der Waals surface area contributed by atoms with E-state index in [2.05, 4.69) is 9.47 Å². The standard InChI is InChI=1S/C21H29NO10/c1-11(2)18(23)29-12(3)13(4)30-19(24)15(22)9-14-7-8-16(31-20(25)27-5)17(10-14)32-21(26)28-6/h7-8,10-13,15H,9,22H2,1-6H3/t12-,13-,15-/m0/s1. The van der Waals surface area contributed by atoms with Crippen LogP contribution in [0.3, 0.4) is 0 Å². The van der Waals surface area contributed by atoms with Gasteiger partial charge in [-0.3, -0.25) is 9.59 Å². The highest BCUT2D eigenvalue weighted by molar-refractivity contribution is 5.76. The van der Waals surface area contributed by atoms with Crippen molar-refractivity contribution in [2.45, 2.75) is 52.4 Å². The SMILES string of the molecule is COC(=O)Oc1ccc(C[C@H](N)C(=O)O[C@@H](C)[C@H](C)OC(=O)C(C)C)cc1OC(=O)OC. The van der Waals surface area contributed by atoms with E-state index in [0.717, 1.165) is 14.2 Å². The second kappa shape index (κ2) is 12.5. The number of methoxy groups -OCH3 is 2. The minimum absolute atomic E-state index is 0.0156. The maximum absolute atomic E-state index is 12.4. The number of nitrogens with two attached hydrogens (primary N) is 1. The van der Waals surface area contributed by atoms with Gasteiger partial charge in [0.1, 0.15) is 18.2 Å². The van der Waals surface area contributed by atoms with E-state index in [1.807, 2.05) is 0 Å². The summed E-state index contributed by atoms with van der Waals surface area (Å²) in [5, 5.41) is 0. The molecule has 0 aliphatic rings. The molecular weight excluding hydrogens is 426 g/mol. The van der Waals surface area contributed by atoms with Gasteiger partial charge in [-0.15, -0.1) is 0 Å². The molecule has 1 rings (SSSR count). The average molecular weight is 455 g/mol. The fraction of sp³-hybridized carbons (Fsp3) is 0.524. The molecule has 2 N–H and O–H groups in total. The summed E-state index contributed by atoms with van der Waals surface area (Å²) in [6.07, 6.45) is -3.42. The van der Waals surface area contributed by atoms with Crippen LogP contribution in [0, 0.1) is 5.92 Å². The molecule has 0 amide bonds. The number of hydrogen-bond acceptors (Lipinski definition) is 11. The Balaban J connectivity index is 2.85. The molecule has 0 aromatic heterocycles. The molecule has 0 fully saturated rings. The number of benzene rings is 1. The van der Waals surface area contributed by atoms with Gasteiger partial charge in [-0.25, -0.2) is 9.59 Å². The third-order valence-corrected chi connectivity index (χ3v) is 4.22. The van der Waals surface area contributed by atoms with E-state index >= 15 is 0 Å². The maximum atomic E-state index is 12.4. The van der Waals surface area contributed by atoms with E-state index in [-0.39, 0.29) is 23.8 Å². The molecule has 0 bridgehead atoms. The lowest BCUT2D eigenvalue weighted by molar-refractivity contribution is -0.168. The summed E-state index contributed by atoms with van der Waals surface area (Å²) in [7, 11) is 2.23. The van der Waals surface area contributed by atoms with Gasteiger partial charge in [0, 0.05) is 0 Å². The van der Waals surface area contributed by atoms with Crippen molar-refractivity contribution in [1.82, 2.24) is 0 Å². The Labute approximate surface area is 186 Å². The van der Waals surface area contributed by atoms with Crippen molar-refractivity contribution in [2.24, 2.45) is 11.7 Å². The topological polar surface area (TPSA) is 150 Å². The Morgan fingerprint density at radius 1 is 0.812 bits per heavy atom. The Kier molecular flexibility index (Phi) is 10.4. The number of esters is 2. The van der Waals surface area contributed by atoms with Gasteiger partial charge in [-0.05, 0) is 38.0 Å². The summed E-state index contributed by atoms with van der Waals surface area (Å²) < 4.78 is 29.3. The van der Waals surface area contributed by atoms with Crippen LogP contribution in [0.4, 0.5) is 9.59 Å². The van der Waals surface area contributed by atoms with Crippen LogP contribution < -0.4 is 15.2 Å². The highest BCUT2D eigenvalue weighted by Crippen LogP contribution is 2.30. The van der Waals surface area contributed by atoms with Gasteiger partial charge in [-0.1, -0.05) is 19.9 Å². The Morgan fingerprint density at radius 3 is 1.81 bits per heavy atom. The highest BCUT2D eigenvalue weighted by Gasteiger charge is 2.25. The van der Waals surface area contributed by atoms with Crippen molar-refractivity contribution < 1.29 is 47.6 Å². The van der Waals surface area contributed by atoms with Gasteiger partial charge in [0.25, 0.3) is 0 Å². The number of carbonyl (C=O) groups is 4. The lowest BCUT2D eigenvalue weighted by Crippen LogP contribution is -2.39. The fourth-order valence-corrected chi connectivity index (χ4v) is 2.23. The first-order chi connectivity index (χ1) is 15.0. The molecule has 0 heterocycles. The molecule has 0 aliphatic carbocycles. The Morgan fingerprint density at radius 2 is 1.31 bits per heavy atom. The zero-order chi connectivity index (χ0) is 24.4. The molecule has 32 heavy (non-hydrogen) atoms. The molecule has 0 saturated carbocycles. The van der Waals surface area contributed by atoms with E-state index in [4.69, 9.17) is 24.7 Å². The number of carbonyl (C=O) groups excluding carboxylic acids is 4. The Bertz CT molecular complexity index is 823. The average Bonchev–Trinajstić information content (AvgIpc) is 2.74. The molecule has 178 valence electrons. The summed E-state index contributed by atoms with van der Waals surface area (Å²) in [5.74, 6) is -1.66. The molecule has 0 unspecified atom stereocenters. The second-order valence-electron chi connectivity index (χ2n) is 7.14. The van der Waals surface area contributed by atoms with Crippen LogP contribution in [0.1, 0.15) is 33.3 Å². The summed E-state index contributed by atoms with van der Waals surface area (Å²) in [6, 6.07) is 3.16. The van der Waals surface area contributed by atoms with Crippen molar-refractivity contribution in [3.63, 3.8) is 0 Å². The van der Waals surface area contributed by atoms with Crippen LogP contribution in [-0.4, -0.2) is 56.7 Å². The van der Waals surface area contributed by atoms with Crippen LogP contribution in [0.5, 0.6) is 11.5 Å². The van der Waals surface area contributed by atoms with E-state index in [0.29, 0.717) is 5.56 Å². The summed E-state index contributed by atoms with van der Waals surface area (Å²) in [5.41, 5.74) is 6.43. The van der Waals surface area contributed by atoms with Crippen molar-refractivity contribution in [3.8, 4) is 11.5 Å². The van der Waals surface area contributed by atoms with Gasteiger partial charge < -0.3 is 34.2 Å². The fourth-order valence-electron chi connectivity index (χ4n) is 2.23. The molecule has 0 spiro atoms. The first-order valence-electron chi connectivity index (χ1n) is 9.79. The molecule has 3 atom stereocenters. The number of hydrogen-bond donors (Lipinski definition) is 1. The van der Waals surface area contributed by atoms with E-state index in [1.165, 1.54) is 18.2 Å². The molecular formula is C21H29NO10. The van der Waals surface area contributed by atoms with Crippen molar-refractivity contribution >= 4 is 24.2 Å². The van der Waals surface area contributed by atoms with E-state index in [9.17, 15) is 19.2 Å². The van der Waals surface area contributed by atoms with Crippen molar-refractivity contribution in [2.75, 3.05) is 14.2 Å². The molecule has 0 saturated heterocycles. The molecule has 1 aromatic rings. The lowest BCUT2D eigenvalue weighted by Gasteiger charge is -2.23. The third-order valence-electron chi connectivity index (χ3n) is 4.22. The minimum Gasteiger partial charge on any atom is -0.459 e. The highest BCUT2D eigenvalue weighted by atomic mass is 16.7. The van der Waals surface area contributed by atoms with E-state index < -0.39 is 42.5 Å². The minimum atomic E-state index is -1.07. The largest absolute Gasteiger partial charge is 0.513 e. The van der Waals surface area contributed by atoms with Crippen LogP contribution in [0.15, 0.2) is 18.2 Å². The maximum Gasteiger partial charge on any atom is 0.513 e. The van der Waals surface area contributed by atoms with E-state index in [1.54, 1.807) is 27.7 Å². The lowest BCUT2D eigenvalue weighted by atomic mass is 10.1. The van der Waals surface area contributed by atoms with Crippen LogP contribution >= 0.6 is 0 Å². The normalized spacial score (nSPS) is 13.4. The Hall–Kier alpha value is -3.34. The third kappa shape index (κ3) is 8.42.